The first-order valence-corrected chi connectivity index (χ1v) is 7.00. The largest absolute Gasteiger partial charge is 0.316 e. The highest BCUT2D eigenvalue weighted by Crippen LogP contribution is 2.19. The van der Waals surface area contributed by atoms with Gasteiger partial charge in [-0.15, -0.1) is 0 Å². The number of rotatable bonds is 7. The molecule has 0 fully saturated rings. The van der Waals surface area contributed by atoms with E-state index < -0.39 is 0 Å². The van der Waals surface area contributed by atoms with E-state index in [4.69, 9.17) is 0 Å². The predicted octanol–water partition coefficient (Wildman–Crippen LogP) is 4.09. The Morgan fingerprint density at radius 1 is 1.33 bits per heavy atom. The molecule has 0 aliphatic carbocycles. The summed E-state index contributed by atoms with van der Waals surface area (Å²) in [4.78, 5) is 0. The quantitative estimate of drug-likeness (QED) is 0.769. The van der Waals surface area contributed by atoms with Gasteiger partial charge in [0.15, 0.2) is 0 Å². The molecule has 1 nitrogen and oxygen atoms in total. The van der Waals surface area contributed by atoms with Gasteiger partial charge in [0.2, 0.25) is 0 Å². The Kier molecular flexibility index (Phi) is 6.34. The van der Waals surface area contributed by atoms with E-state index in [9.17, 15) is 4.39 Å². The standard InChI is InChI=1S/C16H26FN/c1-5-6-7-12(2)16(18-4)11-14-8-9-15(17)10-13(14)3/h8-10,12,16,18H,5-7,11H2,1-4H3. The van der Waals surface area contributed by atoms with Crippen molar-refractivity contribution in [1.82, 2.24) is 5.32 Å². The van der Waals surface area contributed by atoms with Crippen LogP contribution < -0.4 is 5.32 Å². The van der Waals surface area contributed by atoms with Crippen LogP contribution in [0.1, 0.15) is 44.2 Å². The van der Waals surface area contributed by atoms with Gasteiger partial charge >= 0.3 is 0 Å². The topological polar surface area (TPSA) is 12.0 Å². The normalized spacial score (nSPS) is 14.5. The van der Waals surface area contributed by atoms with Crippen molar-refractivity contribution in [2.45, 2.75) is 52.5 Å². The average Bonchev–Trinajstić information content (AvgIpc) is 2.35. The SMILES string of the molecule is CCCCC(C)C(Cc1ccc(F)cc1C)NC. The summed E-state index contributed by atoms with van der Waals surface area (Å²) in [6, 6.07) is 5.58. The van der Waals surface area contributed by atoms with Crippen LogP contribution in [0.3, 0.4) is 0 Å². The molecule has 1 aromatic rings. The highest BCUT2D eigenvalue weighted by atomic mass is 19.1. The molecular formula is C16H26FN. The van der Waals surface area contributed by atoms with Gasteiger partial charge in [-0.2, -0.15) is 0 Å². The molecule has 18 heavy (non-hydrogen) atoms. The molecule has 2 atom stereocenters. The third-order valence-corrected chi connectivity index (χ3v) is 3.82. The van der Waals surface area contributed by atoms with Crippen LogP contribution >= 0.6 is 0 Å². The molecule has 0 saturated carbocycles. The zero-order valence-electron chi connectivity index (χ0n) is 12.1. The molecule has 0 amide bonds. The average molecular weight is 251 g/mol. The Labute approximate surface area is 111 Å². The van der Waals surface area contributed by atoms with Crippen LogP contribution in [0.25, 0.3) is 0 Å². The number of likely N-dealkylation sites (N-methyl/N-ethyl adjacent to an activating group) is 1. The van der Waals surface area contributed by atoms with Crippen molar-refractivity contribution < 1.29 is 4.39 Å². The van der Waals surface area contributed by atoms with Crippen LogP contribution in [0, 0.1) is 18.7 Å². The molecule has 0 saturated heterocycles. The lowest BCUT2D eigenvalue weighted by Gasteiger charge is -2.24. The Morgan fingerprint density at radius 3 is 2.61 bits per heavy atom. The fraction of sp³-hybridized carbons (Fsp3) is 0.625. The molecule has 0 aliphatic rings. The summed E-state index contributed by atoms with van der Waals surface area (Å²) >= 11 is 0. The van der Waals surface area contributed by atoms with Crippen LogP contribution in [0.4, 0.5) is 4.39 Å². The third-order valence-electron chi connectivity index (χ3n) is 3.82. The second-order valence-electron chi connectivity index (χ2n) is 5.29. The van der Waals surface area contributed by atoms with Crippen molar-refractivity contribution in [3.05, 3.63) is 35.1 Å². The molecule has 0 radical (unpaired) electrons. The van der Waals surface area contributed by atoms with E-state index >= 15 is 0 Å². The third kappa shape index (κ3) is 4.41. The number of benzene rings is 1. The number of nitrogens with one attached hydrogen (secondary N) is 1. The Morgan fingerprint density at radius 2 is 2.06 bits per heavy atom. The van der Waals surface area contributed by atoms with Gasteiger partial charge in [-0.05, 0) is 56.0 Å². The summed E-state index contributed by atoms with van der Waals surface area (Å²) in [7, 11) is 2.02. The molecule has 0 spiro atoms. The molecular weight excluding hydrogens is 225 g/mol. The zero-order valence-corrected chi connectivity index (χ0v) is 12.1. The summed E-state index contributed by atoms with van der Waals surface area (Å²) in [5.41, 5.74) is 2.30. The summed E-state index contributed by atoms with van der Waals surface area (Å²) in [6.45, 7) is 6.52. The van der Waals surface area contributed by atoms with Gasteiger partial charge in [-0.1, -0.05) is 32.8 Å². The summed E-state index contributed by atoms with van der Waals surface area (Å²) < 4.78 is 13.1. The summed E-state index contributed by atoms with van der Waals surface area (Å²) in [6.07, 6.45) is 4.76. The lowest BCUT2D eigenvalue weighted by Crippen LogP contribution is -2.34. The van der Waals surface area contributed by atoms with Crippen LogP contribution in [0.2, 0.25) is 0 Å². The molecule has 0 bridgehead atoms. The second kappa shape index (κ2) is 7.52. The summed E-state index contributed by atoms with van der Waals surface area (Å²) in [5.74, 6) is 0.510. The molecule has 2 unspecified atom stereocenters. The van der Waals surface area contributed by atoms with E-state index in [1.807, 2.05) is 20.0 Å². The maximum absolute atomic E-state index is 13.1. The highest BCUT2D eigenvalue weighted by Gasteiger charge is 2.16. The first kappa shape index (κ1) is 15.2. The van der Waals surface area contributed by atoms with Crippen molar-refractivity contribution in [3.8, 4) is 0 Å². The maximum Gasteiger partial charge on any atom is 0.123 e. The summed E-state index contributed by atoms with van der Waals surface area (Å²) in [5, 5.41) is 3.41. The highest BCUT2D eigenvalue weighted by molar-refractivity contribution is 5.27. The van der Waals surface area contributed by atoms with Gasteiger partial charge in [0, 0.05) is 6.04 Å². The van der Waals surface area contributed by atoms with Crippen molar-refractivity contribution in [1.29, 1.82) is 0 Å². The van der Waals surface area contributed by atoms with E-state index in [1.54, 1.807) is 12.1 Å². The molecule has 0 aromatic heterocycles. The zero-order chi connectivity index (χ0) is 13.5. The first-order valence-electron chi connectivity index (χ1n) is 7.00. The Bertz CT molecular complexity index is 362. The van der Waals surface area contributed by atoms with Gasteiger partial charge in [0.1, 0.15) is 5.82 Å². The van der Waals surface area contributed by atoms with Gasteiger partial charge < -0.3 is 5.32 Å². The monoisotopic (exact) mass is 251 g/mol. The molecule has 0 aliphatic heterocycles. The molecule has 102 valence electrons. The van der Waals surface area contributed by atoms with Gasteiger partial charge in [-0.3, -0.25) is 0 Å². The smallest absolute Gasteiger partial charge is 0.123 e. The van der Waals surface area contributed by atoms with E-state index in [0.717, 1.165) is 12.0 Å². The van der Waals surface area contributed by atoms with E-state index in [2.05, 4.69) is 19.2 Å². The molecule has 1 rings (SSSR count). The minimum atomic E-state index is -0.142. The van der Waals surface area contributed by atoms with Crippen LogP contribution in [0.5, 0.6) is 0 Å². The van der Waals surface area contributed by atoms with Crippen molar-refractivity contribution in [3.63, 3.8) is 0 Å². The molecule has 0 heterocycles. The van der Waals surface area contributed by atoms with Gasteiger partial charge in [0.05, 0.1) is 0 Å². The van der Waals surface area contributed by atoms with Crippen LogP contribution in [-0.2, 0) is 6.42 Å². The van der Waals surface area contributed by atoms with Crippen molar-refractivity contribution >= 4 is 0 Å². The minimum Gasteiger partial charge on any atom is -0.316 e. The number of halogens is 1. The van der Waals surface area contributed by atoms with Crippen LogP contribution in [-0.4, -0.2) is 13.1 Å². The lowest BCUT2D eigenvalue weighted by atomic mass is 9.89. The van der Waals surface area contributed by atoms with Crippen molar-refractivity contribution in [2.75, 3.05) is 7.05 Å². The van der Waals surface area contributed by atoms with Gasteiger partial charge in [0.25, 0.3) is 0 Å². The number of hydrogen-bond acceptors (Lipinski definition) is 1. The lowest BCUT2D eigenvalue weighted by molar-refractivity contribution is 0.365. The van der Waals surface area contributed by atoms with Gasteiger partial charge in [-0.25, -0.2) is 4.39 Å². The van der Waals surface area contributed by atoms with Crippen LogP contribution in [0.15, 0.2) is 18.2 Å². The van der Waals surface area contributed by atoms with E-state index in [1.165, 1.54) is 24.8 Å². The predicted molar refractivity (Wildman–Crippen MR) is 76.4 cm³/mol. The molecule has 2 heteroatoms. The van der Waals surface area contributed by atoms with Crippen molar-refractivity contribution in [2.24, 2.45) is 5.92 Å². The minimum absolute atomic E-state index is 0.142. The maximum atomic E-state index is 13.1. The van der Waals surface area contributed by atoms with E-state index in [-0.39, 0.29) is 5.82 Å². The fourth-order valence-corrected chi connectivity index (χ4v) is 2.44. The fourth-order valence-electron chi connectivity index (χ4n) is 2.44. The molecule has 1 N–H and O–H groups in total. The Hall–Kier alpha value is -0.890. The Balaban J connectivity index is 2.67. The first-order chi connectivity index (χ1) is 8.58. The molecule has 1 aromatic carbocycles. The number of unbranched alkanes of at least 4 members (excludes halogenated alkanes) is 1. The second-order valence-corrected chi connectivity index (χ2v) is 5.29. The van der Waals surface area contributed by atoms with E-state index in [0.29, 0.717) is 12.0 Å². The number of aryl methyl sites for hydroxylation is 1. The number of hydrogen-bond donors (Lipinski definition) is 1.